The van der Waals surface area contributed by atoms with E-state index in [1.807, 2.05) is 72.8 Å². The van der Waals surface area contributed by atoms with Gasteiger partial charge in [-0.15, -0.1) is 0 Å². The van der Waals surface area contributed by atoms with Crippen LogP contribution in [0.3, 0.4) is 0 Å². The van der Waals surface area contributed by atoms with Crippen LogP contribution in [0.2, 0.25) is 0 Å². The van der Waals surface area contributed by atoms with Crippen molar-refractivity contribution in [3.8, 4) is 0 Å². The molecule has 0 aliphatic carbocycles. The average Bonchev–Trinajstić information content (AvgIpc) is 3.71. The van der Waals surface area contributed by atoms with Crippen LogP contribution in [0.5, 0.6) is 0 Å². The highest BCUT2D eigenvalue weighted by Crippen LogP contribution is 2.40. The second-order valence-electron chi connectivity index (χ2n) is 9.02. The predicted molar refractivity (Wildman–Crippen MR) is 158 cm³/mol. The molecule has 0 amide bonds. The quantitative estimate of drug-likeness (QED) is 0.0805. The number of rotatable bonds is 12. The molecule has 8 nitrogen and oxygen atoms in total. The molecule has 3 heterocycles. The average molecular weight is 590 g/mol. The van der Waals surface area contributed by atoms with Gasteiger partial charge in [0.1, 0.15) is 16.6 Å². The van der Waals surface area contributed by atoms with Crippen molar-refractivity contribution in [2.24, 2.45) is 5.41 Å². The number of benzene rings is 3. The third-order valence-electron chi connectivity index (χ3n) is 6.02. The Bertz CT molecular complexity index is 1510. The smallest absolute Gasteiger partial charge is 0.330 e. The summed E-state index contributed by atoms with van der Waals surface area (Å²) < 4.78 is 23.6. The number of aromatic nitrogens is 3. The van der Waals surface area contributed by atoms with Crippen LogP contribution in [0.1, 0.15) is 0 Å². The molecule has 0 N–H and O–H groups in total. The zero-order valence-corrected chi connectivity index (χ0v) is 23.6. The van der Waals surface area contributed by atoms with Gasteiger partial charge in [-0.05, 0) is 36.4 Å². The summed E-state index contributed by atoms with van der Waals surface area (Å²) in [4.78, 5) is 26.0. The van der Waals surface area contributed by atoms with E-state index in [4.69, 9.17) is 18.0 Å². The molecule has 0 aliphatic rings. The fourth-order valence-electron chi connectivity index (χ4n) is 3.92. The summed E-state index contributed by atoms with van der Waals surface area (Å²) in [5, 5.41) is 1.62. The van der Waals surface area contributed by atoms with Gasteiger partial charge >= 0.3 is 5.97 Å². The molecule has 11 heteroatoms. The molecule has 202 valence electrons. The monoisotopic (exact) mass is 589 g/mol. The highest BCUT2D eigenvalue weighted by Gasteiger charge is 2.35. The van der Waals surface area contributed by atoms with Gasteiger partial charge in [-0.3, -0.25) is 0 Å². The fourth-order valence-corrected chi connectivity index (χ4v) is 7.39. The number of para-hydroxylation sites is 6. The second kappa shape index (κ2) is 11.8. The Hall–Kier alpha value is -3.67. The van der Waals surface area contributed by atoms with Crippen LogP contribution < -0.4 is 0 Å². The lowest BCUT2D eigenvalue weighted by Gasteiger charge is -2.31. The van der Waals surface area contributed by atoms with Gasteiger partial charge in [0.25, 0.3) is 15.7 Å². The molecule has 0 saturated heterocycles. The van der Waals surface area contributed by atoms with E-state index in [9.17, 15) is 4.79 Å². The molecule has 6 aromatic rings. The van der Waals surface area contributed by atoms with Gasteiger partial charge in [-0.1, -0.05) is 78.3 Å². The van der Waals surface area contributed by atoms with Crippen LogP contribution >= 0.6 is 35.3 Å². The lowest BCUT2D eigenvalue weighted by Crippen LogP contribution is -2.36. The third-order valence-corrected chi connectivity index (χ3v) is 9.55. The fraction of sp³-hybridized carbons (Fsp3) is 0.172. The van der Waals surface area contributed by atoms with Crippen LogP contribution in [-0.4, -0.2) is 44.8 Å². The first-order chi connectivity index (χ1) is 19.6. The van der Waals surface area contributed by atoms with E-state index in [1.165, 1.54) is 41.4 Å². The Labute approximate surface area is 242 Å². The van der Waals surface area contributed by atoms with Crippen molar-refractivity contribution in [3.63, 3.8) is 0 Å². The van der Waals surface area contributed by atoms with Crippen molar-refractivity contribution in [2.75, 3.05) is 23.9 Å². The minimum Gasteiger partial charge on any atom is -0.462 e. The van der Waals surface area contributed by atoms with Crippen molar-refractivity contribution in [2.45, 2.75) is 15.7 Å². The van der Waals surface area contributed by atoms with E-state index in [2.05, 4.69) is 21.5 Å². The van der Waals surface area contributed by atoms with Crippen LogP contribution in [0.25, 0.3) is 33.3 Å². The summed E-state index contributed by atoms with van der Waals surface area (Å²) in [6.07, 6.45) is 1.17. The number of oxazole rings is 3. The summed E-state index contributed by atoms with van der Waals surface area (Å²) in [6, 6.07) is 22.9. The lowest BCUT2D eigenvalue weighted by molar-refractivity contribution is -0.140. The first kappa shape index (κ1) is 26.5. The summed E-state index contributed by atoms with van der Waals surface area (Å²) in [5.41, 5.74) is 3.95. The van der Waals surface area contributed by atoms with E-state index < -0.39 is 11.4 Å². The Morgan fingerprint density at radius 1 is 0.700 bits per heavy atom. The van der Waals surface area contributed by atoms with Crippen LogP contribution in [0.4, 0.5) is 0 Å². The molecule has 0 aliphatic heterocycles. The van der Waals surface area contributed by atoms with Gasteiger partial charge in [0, 0.05) is 28.7 Å². The van der Waals surface area contributed by atoms with Crippen molar-refractivity contribution in [1.29, 1.82) is 0 Å². The third kappa shape index (κ3) is 6.06. The number of carbonyl (C=O) groups is 1. The zero-order valence-electron chi connectivity index (χ0n) is 21.1. The first-order valence-corrected chi connectivity index (χ1v) is 15.3. The number of hydrogen-bond acceptors (Lipinski definition) is 11. The number of ether oxygens (including phenoxy) is 1. The molecule has 3 aromatic heterocycles. The van der Waals surface area contributed by atoms with E-state index in [0.717, 1.165) is 33.3 Å². The maximum atomic E-state index is 12.2. The van der Waals surface area contributed by atoms with Gasteiger partial charge in [0.05, 0.1) is 6.61 Å². The van der Waals surface area contributed by atoms with Gasteiger partial charge < -0.3 is 18.0 Å². The molecule has 0 spiro atoms. The maximum absolute atomic E-state index is 12.2. The zero-order chi connectivity index (χ0) is 27.4. The molecular formula is C29H23N3O5S3. The normalized spacial score (nSPS) is 11.9. The highest BCUT2D eigenvalue weighted by atomic mass is 32.2. The van der Waals surface area contributed by atoms with Crippen molar-refractivity contribution in [3.05, 3.63) is 85.5 Å². The predicted octanol–water partition coefficient (Wildman–Crippen LogP) is 7.50. The van der Waals surface area contributed by atoms with Crippen molar-refractivity contribution >= 4 is 74.6 Å². The minimum absolute atomic E-state index is 0.130. The summed E-state index contributed by atoms with van der Waals surface area (Å²) in [6.45, 7) is 3.68. The largest absolute Gasteiger partial charge is 0.462 e. The standard InChI is InChI=1S/C29H23N3O5S3/c1-2-25(33)34-15-29(16-38-26-30-19-9-3-6-12-22(19)35-26,17-39-27-31-20-10-4-7-13-23(20)36-27)18-40-28-32-21-11-5-8-14-24(21)37-28/h2-14H,1,15-18H2. The molecule has 0 fully saturated rings. The van der Waals surface area contributed by atoms with E-state index in [1.54, 1.807) is 0 Å². The second-order valence-corrected chi connectivity index (χ2v) is 11.8. The van der Waals surface area contributed by atoms with Crippen molar-refractivity contribution < 1.29 is 22.8 Å². The van der Waals surface area contributed by atoms with Crippen LogP contribution in [0.15, 0.2) is 114 Å². The highest BCUT2D eigenvalue weighted by molar-refractivity contribution is 8.00. The molecule has 0 saturated carbocycles. The van der Waals surface area contributed by atoms with Crippen molar-refractivity contribution in [1.82, 2.24) is 15.0 Å². The van der Waals surface area contributed by atoms with Gasteiger partial charge in [0.2, 0.25) is 0 Å². The molecule has 0 unspecified atom stereocenters. The van der Waals surface area contributed by atoms with Crippen LogP contribution in [-0.2, 0) is 9.53 Å². The molecule has 0 atom stereocenters. The topological polar surface area (TPSA) is 104 Å². The van der Waals surface area contributed by atoms with Gasteiger partial charge in [-0.25, -0.2) is 19.7 Å². The number of hydrogen-bond donors (Lipinski definition) is 0. The molecule has 0 bridgehead atoms. The van der Waals surface area contributed by atoms with E-state index in [-0.39, 0.29) is 6.61 Å². The molecule has 40 heavy (non-hydrogen) atoms. The Kier molecular flexibility index (Phi) is 7.85. The van der Waals surface area contributed by atoms with Gasteiger partial charge in [0.15, 0.2) is 16.7 Å². The summed E-state index contributed by atoms with van der Waals surface area (Å²) in [5.74, 6) is 1.11. The molecule has 0 radical (unpaired) electrons. The first-order valence-electron chi connectivity index (χ1n) is 12.3. The van der Waals surface area contributed by atoms with E-state index in [0.29, 0.717) is 32.9 Å². The number of esters is 1. The molecule has 3 aromatic carbocycles. The minimum atomic E-state index is -0.569. The van der Waals surface area contributed by atoms with E-state index >= 15 is 0 Å². The number of nitrogens with zero attached hydrogens (tertiary/aromatic N) is 3. The summed E-state index contributed by atoms with van der Waals surface area (Å²) in [7, 11) is 0. The number of carbonyl (C=O) groups excluding carboxylic acids is 1. The molecule has 6 rings (SSSR count). The SMILES string of the molecule is C=CC(=O)OCC(CSc1nc2ccccc2o1)(CSc1nc2ccccc2o1)CSc1nc2ccccc2o1. The Balaban J connectivity index is 1.28. The molecular weight excluding hydrogens is 567 g/mol. The Morgan fingerprint density at radius 3 is 1.43 bits per heavy atom. The Morgan fingerprint density at radius 2 is 1.07 bits per heavy atom. The van der Waals surface area contributed by atoms with Gasteiger partial charge in [-0.2, -0.15) is 0 Å². The summed E-state index contributed by atoms with van der Waals surface area (Å²) >= 11 is 4.41. The van der Waals surface area contributed by atoms with Crippen LogP contribution in [0, 0.1) is 5.41 Å². The number of thioether (sulfide) groups is 3. The lowest BCUT2D eigenvalue weighted by atomic mass is 9.97. The number of fused-ring (bicyclic) bond motifs is 3. The maximum Gasteiger partial charge on any atom is 0.330 e.